The van der Waals surface area contributed by atoms with E-state index < -0.39 is 11.9 Å². The van der Waals surface area contributed by atoms with Crippen LogP contribution in [0.5, 0.6) is 0 Å². The number of nitrogens with one attached hydrogen (secondary N) is 2. The van der Waals surface area contributed by atoms with Crippen LogP contribution in [0.3, 0.4) is 0 Å². The smallest absolute Gasteiger partial charge is 0.251 e. The summed E-state index contributed by atoms with van der Waals surface area (Å²) in [5.74, 6) is 0.265. The Balaban J connectivity index is 1.63. The fraction of sp³-hybridized carbons (Fsp3) is 0.143. The molecular formula is C21H18ClFN6O2. The number of aryl methyl sites for hydroxylation is 1. The lowest BCUT2D eigenvalue weighted by molar-refractivity contribution is 0.247. The molecule has 3 heterocycles. The molecule has 1 atom stereocenters. The van der Waals surface area contributed by atoms with E-state index >= 15 is 0 Å². The summed E-state index contributed by atoms with van der Waals surface area (Å²) in [6.45, 7) is 1.50. The molecule has 0 amide bonds. The third-order valence-corrected chi connectivity index (χ3v) is 4.96. The van der Waals surface area contributed by atoms with Crippen molar-refractivity contribution < 1.29 is 9.50 Å². The highest BCUT2D eigenvalue weighted by Gasteiger charge is 2.16. The fourth-order valence-electron chi connectivity index (χ4n) is 3.14. The minimum atomic E-state index is -0.704. The van der Waals surface area contributed by atoms with Crippen molar-refractivity contribution in [1.29, 1.82) is 0 Å². The van der Waals surface area contributed by atoms with E-state index in [4.69, 9.17) is 11.6 Å². The van der Waals surface area contributed by atoms with Crippen molar-refractivity contribution in [2.75, 3.05) is 11.9 Å². The summed E-state index contributed by atoms with van der Waals surface area (Å²) in [6, 6.07) is 8.19. The lowest BCUT2D eigenvalue weighted by Gasteiger charge is -2.18. The van der Waals surface area contributed by atoms with Gasteiger partial charge in [0.1, 0.15) is 5.82 Å². The number of aromatic nitrogens is 5. The molecule has 0 aliphatic rings. The molecule has 3 N–H and O–H groups in total. The number of nitrogens with zero attached hydrogens (tertiary/aromatic N) is 4. The van der Waals surface area contributed by atoms with Crippen molar-refractivity contribution in [3.8, 4) is 11.3 Å². The molecule has 0 bridgehead atoms. The molecule has 31 heavy (non-hydrogen) atoms. The van der Waals surface area contributed by atoms with Crippen LogP contribution < -0.4 is 10.9 Å². The molecule has 8 nitrogen and oxygen atoms in total. The SMILES string of the molecule is Cc1c[nH]c(Nc2nccc(-c3ccn(C(CO)c4ccc(F)c(Cl)c4)c(=O)c3)n2)n1. The van der Waals surface area contributed by atoms with Crippen LogP contribution >= 0.6 is 11.6 Å². The minimum Gasteiger partial charge on any atom is -0.394 e. The van der Waals surface area contributed by atoms with Crippen LogP contribution in [0.2, 0.25) is 5.02 Å². The Hall–Kier alpha value is -3.56. The lowest BCUT2D eigenvalue weighted by atomic mass is 10.1. The molecule has 10 heteroatoms. The number of aromatic amines is 1. The average Bonchev–Trinajstić information content (AvgIpc) is 3.17. The van der Waals surface area contributed by atoms with E-state index in [0.717, 1.165) is 5.69 Å². The number of rotatable bonds is 6. The molecule has 4 aromatic rings. The highest BCUT2D eigenvalue weighted by Crippen LogP contribution is 2.24. The molecule has 1 unspecified atom stereocenters. The molecule has 0 saturated heterocycles. The van der Waals surface area contributed by atoms with Gasteiger partial charge in [-0.15, -0.1) is 0 Å². The molecule has 158 valence electrons. The maximum atomic E-state index is 13.5. The first-order chi connectivity index (χ1) is 14.9. The first-order valence-electron chi connectivity index (χ1n) is 9.35. The number of imidazole rings is 1. The van der Waals surface area contributed by atoms with Gasteiger partial charge in [0.25, 0.3) is 5.56 Å². The van der Waals surface area contributed by atoms with Gasteiger partial charge in [0.05, 0.1) is 29.1 Å². The van der Waals surface area contributed by atoms with Crippen molar-refractivity contribution in [2.45, 2.75) is 13.0 Å². The second kappa shape index (κ2) is 8.66. The van der Waals surface area contributed by atoms with E-state index in [0.29, 0.717) is 28.7 Å². The Morgan fingerprint density at radius 3 is 2.77 bits per heavy atom. The van der Waals surface area contributed by atoms with Crippen LogP contribution in [0, 0.1) is 12.7 Å². The Morgan fingerprint density at radius 1 is 1.26 bits per heavy atom. The maximum absolute atomic E-state index is 13.5. The van der Waals surface area contributed by atoms with Gasteiger partial charge in [-0.1, -0.05) is 17.7 Å². The van der Waals surface area contributed by atoms with Crippen LogP contribution in [-0.4, -0.2) is 36.2 Å². The number of halogens is 2. The van der Waals surface area contributed by atoms with Gasteiger partial charge in [-0.05, 0) is 36.8 Å². The quantitative estimate of drug-likeness (QED) is 0.423. The normalized spacial score (nSPS) is 12.0. The minimum absolute atomic E-state index is 0.0756. The molecule has 4 rings (SSSR count). The van der Waals surface area contributed by atoms with Crippen molar-refractivity contribution in [1.82, 2.24) is 24.5 Å². The van der Waals surface area contributed by atoms with Crippen LogP contribution in [-0.2, 0) is 0 Å². The van der Waals surface area contributed by atoms with Gasteiger partial charge in [0, 0.05) is 30.2 Å². The molecule has 0 saturated carbocycles. The molecule has 1 aromatic carbocycles. The summed E-state index contributed by atoms with van der Waals surface area (Å²) in [7, 11) is 0. The molecule has 0 spiro atoms. The fourth-order valence-corrected chi connectivity index (χ4v) is 3.33. The van der Waals surface area contributed by atoms with Crippen LogP contribution in [0.15, 0.2) is 59.8 Å². The highest BCUT2D eigenvalue weighted by molar-refractivity contribution is 6.30. The Kier molecular flexibility index (Phi) is 5.79. The summed E-state index contributed by atoms with van der Waals surface area (Å²) in [4.78, 5) is 28.6. The summed E-state index contributed by atoms with van der Waals surface area (Å²) in [5.41, 5.74) is 2.10. The number of hydrogen-bond donors (Lipinski definition) is 3. The summed E-state index contributed by atoms with van der Waals surface area (Å²) in [5, 5.41) is 12.7. The van der Waals surface area contributed by atoms with Gasteiger partial charge in [0.15, 0.2) is 0 Å². The molecule has 0 aliphatic carbocycles. The number of aliphatic hydroxyl groups is 1. The zero-order chi connectivity index (χ0) is 22.0. The largest absolute Gasteiger partial charge is 0.394 e. The van der Waals surface area contributed by atoms with Crippen molar-refractivity contribution in [3.63, 3.8) is 0 Å². The third kappa shape index (κ3) is 4.47. The number of benzene rings is 1. The van der Waals surface area contributed by atoms with E-state index in [-0.39, 0.29) is 17.2 Å². The van der Waals surface area contributed by atoms with Gasteiger partial charge >= 0.3 is 0 Å². The summed E-state index contributed by atoms with van der Waals surface area (Å²) < 4.78 is 14.8. The molecule has 0 aliphatic heterocycles. The molecular weight excluding hydrogens is 423 g/mol. The maximum Gasteiger partial charge on any atom is 0.251 e. The highest BCUT2D eigenvalue weighted by atomic mass is 35.5. The first-order valence-corrected chi connectivity index (χ1v) is 9.73. The predicted octanol–water partition coefficient (Wildman–Crippen LogP) is 3.45. The third-order valence-electron chi connectivity index (χ3n) is 4.67. The molecule has 0 radical (unpaired) electrons. The predicted molar refractivity (Wildman–Crippen MR) is 115 cm³/mol. The number of aliphatic hydroxyl groups excluding tert-OH is 1. The Labute approximate surface area is 181 Å². The van der Waals surface area contributed by atoms with E-state index in [2.05, 4.69) is 25.3 Å². The van der Waals surface area contributed by atoms with Gasteiger partial charge < -0.3 is 14.7 Å². The number of H-pyrrole nitrogens is 1. The topological polar surface area (TPSA) is 109 Å². The van der Waals surface area contributed by atoms with E-state index in [1.54, 1.807) is 30.7 Å². The van der Waals surface area contributed by atoms with Gasteiger partial charge in [-0.3, -0.25) is 10.1 Å². The standard InChI is InChI=1S/C21H18ClFN6O2/c1-12-10-25-21(26-12)28-20-24-6-4-17(27-20)13-5-7-29(19(31)9-13)18(11-30)14-2-3-16(23)15(22)8-14/h2-10,18,30H,11H2,1H3,(H2,24,25,26,27,28). The van der Waals surface area contributed by atoms with Crippen LogP contribution in [0.1, 0.15) is 17.3 Å². The molecule has 3 aromatic heterocycles. The molecule has 0 fully saturated rings. The number of pyridine rings is 1. The number of hydrogen-bond acceptors (Lipinski definition) is 6. The zero-order valence-electron chi connectivity index (χ0n) is 16.4. The number of anilines is 2. The summed E-state index contributed by atoms with van der Waals surface area (Å²) in [6.07, 6.45) is 4.88. The van der Waals surface area contributed by atoms with Crippen LogP contribution in [0.4, 0.5) is 16.3 Å². The van der Waals surface area contributed by atoms with Gasteiger partial charge in [-0.25, -0.2) is 19.3 Å². The van der Waals surface area contributed by atoms with Crippen LogP contribution in [0.25, 0.3) is 11.3 Å². The van der Waals surface area contributed by atoms with E-state index in [9.17, 15) is 14.3 Å². The second-order valence-corrected chi connectivity index (χ2v) is 7.22. The zero-order valence-corrected chi connectivity index (χ0v) is 17.1. The average molecular weight is 441 g/mol. The van der Waals surface area contributed by atoms with Crippen molar-refractivity contribution in [2.24, 2.45) is 0 Å². The van der Waals surface area contributed by atoms with Crippen molar-refractivity contribution >= 4 is 23.5 Å². The monoisotopic (exact) mass is 440 g/mol. The van der Waals surface area contributed by atoms with Crippen molar-refractivity contribution in [3.05, 3.63) is 87.4 Å². The van der Waals surface area contributed by atoms with Gasteiger partial charge in [-0.2, -0.15) is 0 Å². The lowest BCUT2D eigenvalue weighted by Crippen LogP contribution is -2.26. The van der Waals surface area contributed by atoms with E-state index in [1.165, 1.54) is 28.8 Å². The van der Waals surface area contributed by atoms with Gasteiger partial charge in [0.2, 0.25) is 11.9 Å². The summed E-state index contributed by atoms with van der Waals surface area (Å²) >= 11 is 5.85. The first kappa shape index (κ1) is 20.7. The second-order valence-electron chi connectivity index (χ2n) is 6.81. The van der Waals surface area contributed by atoms with E-state index in [1.807, 2.05) is 6.92 Å². The Morgan fingerprint density at radius 2 is 2.10 bits per heavy atom. The Bertz CT molecular complexity index is 1290.